The predicted molar refractivity (Wildman–Crippen MR) is 115 cm³/mol. The Morgan fingerprint density at radius 3 is 2.63 bits per heavy atom. The largest absolute Gasteiger partial charge is 0.342 e. The fourth-order valence-electron chi connectivity index (χ4n) is 4.18. The highest BCUT2D eigenvalue weighted by atomic mass is 19.1. The molecule has 2 aromatic carbocycles. The summed E-state index contributed by atoms with van der Waals surface area (Å²) in [5.74, 6) is -0.0454. The van der Waals surface area contributed by atoms with Crippen molar-refractivity contribution in [3.05, 3.63) is 84.1 Å². The summed E-state index contributed by atoms with van der Waals surface area (Å²) in [6.45, 7) is 1.39. The number of hydrogen-bond donors (Lipinski definition) is 0. The van der Waals surface area contributed by atoms with Gasteiger partial charge >= 0.3 is 0 Å². The SMILES string of the molecule is O=C(CCCc1ccccc1)N1CCC[C@H](c2nccnc2-c2ccccc2F)C1. The van der Waals surface area contributed by atoms with E-state index in [2.05, 4.69) is 22.1 Å². The molecule has 0 N–H and O–H groups in total. The molecular formula is C25H26FN3O. The van der Waals surface area contributed by atoms with Crippen LogP contribution in [0.4, 0.5) is 4.39 Å². The molecule has 0 radical (unpaired) electrons. The Morgan fingerprint density at radius 1 is 1.03 bits per heavy atom. The van der Waals surface area contributed by atoms with Gasteiger partial charge in [-0.2, -0.15) is 0 Å². The number of hydrogen-bond acceptors (Lipinski definition) is 3. The summed E-state index contributed by atoms with van der Waals surface area (Å²) in [6, 6.07) is 16.9. The summed E-state index contributed by atoms with van der Waals surface area (Å²) in [7, 11) is 0. The Morgan fingerprint density at radius 2 is 1.80 bits per heavy atom. The Kier molecular flexibility index (Phi) is 6.47. The van der Waals surface area contributed by atoms with Gasteiger partial charge in [0.25, 0.3) is 0 Å². The maximum atomic E-state index is 14.4. The van der Waals surface area contributed by atoms with Crippen LogP contribution in [0.25, 0.3) is 11.3 Å². The Bertz CT molecular complexity index is 992. The standard InChI is InChI=1S/C25H26FN3O/c26-22-13-5-4-12-21(22)25-24(27-15-16-28-25)20-11-7-17-29(18-20)23(30)14-6-10-19-8-2-1-3-9-19/h1-5,8-9,12-13,15-16,20H,6-7,10-11,14,17-18H2/t20-/m0/s1. The zero-order chi connectivity index (χ0) is 20.8. The van der Waals surface area contributed by atoms with Gasteiger partial charge in [0.2, 0.25) is 5.91 Å². The molecular weight excluding hydrogens is 377 g/mol. The van der Waals surface area contributed by atoms with Crippen LogP contribution in [-0.2, 0) is 11.2 Å². The zero-order valence-corrected chi connectivity index (χ0v) is 17.0. The van der Waals surface area contributed by atoms with Crippen molar-refractivity contribution in [1.29, 1.82) is 0 Å². The van der Waals surface area contributed by atoms with Gasteiger partial charge in [-0.25, -0.2) is 4.39 Å². The van der Waals surface area contributed by atoms with Crippen LogP contribution in [0.1, 0.15) is 42.9 Å². The third-order valence-electron chi connectivity index (χ3n) is 5.72. The van der Waals surface area contributed by atoms with Crippen LogP contribution in [0.2, 0.25) is 0 Å². The van der Waals surface area contributed by atoms with Crippen molar-refractivity contribution < 1.29 is 9.18 Å². The first kappa shape index (κ1) is 20.2. The highest BCUT2D eigenvalue weighted by Crippen LogP contribution is 2.33. The lowest BCUT2D eigenvalue weighted by Crippen LogP contribution is -2.39. The normalized spacial score (nSPS) is 16.4. The molecule has 0 saturated carbocycles. The monoisotopic (exact) mass is 403 g/mol. The highest BCUT2D eigenvalue weighted by molar-refractivity contribution is 5.76. The van der Waals surface area contributed by atoms with Crippen LogP contribution < -0.4 is 0 Å². The van der Waals surface area contributed by atoms with Gasteiger partial charge in [0.15, 0.2) is 0 Å². The second-order valence-electron chi connectivity index (χ2n) is 7.79. The van der Waals surface area contributed by atoms with Crippen molar-refractivity contribution in [1.82, 2.24) is 14.9 Å². The number of nitrogens with zero attached hydrogens (tertiary/aromatic N) is 3. The van der Waals surface area contributed by atoms with Gasteiger partial charge < -0.3 is 4.90 Å². The number of halogens is 1. The van der Waals surface area contributed by atoms with Crippen molar-refractivity contribution in [3.8, 4) is 11.3 Å². The lowest BCUT2D eigenvalue weighted by atomic mass is 9.91. The van der Waals surface area contributed by atoms with Crippen molar-refractivity contribution in [2.75, 3.05) is 13.1 Å². The van der Waals surface area contributed by atoms with E-state index in [9.17, 15) is 9.18 Å². The molecule has 4 nitrogen and oxygen atoms in total. The number of likely N-dealkylation sites (tertiary alicyclic amines) is 1. The lowest BCUT2D eigenvalue weighted by Gasteiger charge is -2.33. The molecule has 5 heteroatoms. The number of benzene rings is 2. The maximum Gasteiger partial charge on any atom is 0.222 e. The summed E-state index contributed by atoms with van der Waals surface area (Å²) in [6.07, 6.45) is 7.39. The van der Waals surface area contributed by atoms with E-state index in [4.69, 9.17) is 0 Å². The van der Waals surface area contributed by atoms with Gasteiger partial charge in [-0.1, -0.05) is 42.5 Å². The molecule has 154 valence electrons. The zero-order valence-electron chi connectivity index (χ0n) is 17.0. The molecule has 1 aliphatic heterocycles. The Balaban J connectivity index is 1.43. The van der Waals surface area contributed by atoms with Crippen LogP contribution in [-0.4, -0.2) is 33.9 Å². The lowest BCUT2D eigenvalue weighted by molar-refractivity contribution is -0.132. The molecule has 0 bridgehead atoms. The summed E-state index contributed by atoms with van der Waals surface area (Å²) in [5.41, 5.74) is 3.09. The Labute approximate surface area is 176 Å². The van der Waals surface area contributed by atoms with Crippen LogP contribution >= 0.6 is 0 Å². The predicted octanol–water partition coefficient (Wildman–Crippen LogP) is 5.01. The van der Waals surface area contributed by atoms with E-state index in [-0.39, 0.29) is 17.6 Å². The van der Waals surface area contributed by atoms with Gasteiger partial charge in [0, 0.05) is 43.4 Å². The number of carbonyl (C=O) groups is 1. The summed E-state index contributed by atoms with van der Waals surface area (Å²) >= 11 is 0. The molecule has 0 unspecified atom stereocenters. The first-order valence-corrected chi connectivity index (χ1v) is 10.6. The van der Waals surface area contributed by atoms with Crippen molar-refractivity contribution in [2.45, 2.75) is 38.0 Å². The molecule has 1 fully saturated rings. The molecule has 1 aromatic heterocycles. The van der Waals surface area contributed by atoms with Gasteiger partial charge in [0.1, 0.15) is 5.82 Å². The van der Waals surface area contributed by atoms with Gasteiger partial charge in [0.05, 0.1) is 11.4 Å². The quantitative estimate of drug-likeness (QED) is 0.581. The second-order valence-corrected chi connectivity index (χ2v) is 7.79. The van der Waals surface area contributed by atoms with Crippen LogP contribution in [0.15, 0.2) is 67.0 Å². The molecule has 1 atom stereocenters. The fraction of sp³-hybridized carbons (Fsp3) is 0.320. The number of aryl methyl sites for hydroxylation is 1. The minimum absolute atomic E-state index is 0.0696. The third kappa shape index (κ3) is 4.73. The molecule has 2 heterocycles. The van der Waals surface area contributed by atoms with Crippen molar-refractivity contribution in [2.24, 2.45) is 0 Å². The topological polar surface area (TPSA) is 46.1 Å². The van der Waals surface area contributed by atoms with E-state index in [0.29, 0.717) is 24.2 Å². The second kappa shape index (κ2) is 9.61. The number of amides is 1. The first-order chi connectivity index (χ1) is 14.7. The third-order valence-corrected chi connectivity index (χ3v) is 5.72. The van der Waals surface area contributed by atoms with Gasteiger partial charge in [-0.15, -0.1) is 0 Å². The molecule has 0 aliphatic carbocycles. The van der Waals surface area contributed by atoms with E-state index in [1.807, 2.05) is 23.1 Å². The summed E-state index contributed by atoms with van der Waals surface area (Å²) in [5, 5.41) is 0. The van der Waals surface area contributed by atoms with E-state index in [1.165, 1.54) is 11.6 Å². The number of aromatic nitrogens is 2. The number of rotatable bonds is 6. The first-order valence-electron chi connectivity index (χ1n) is 10.6. The maximum absolute atomic E-state index is 14.4. The molecule has 0 spiro atoms. The average Bonchev–Trinajstić information content (AvgIpc) is 2.80. The van der Waals surface area contributed by atoms with E-state index in [1.54, 1.807) is 30.6 Å². The molecule has 30 heavy (non-hydrogen) atoms. The van der Waals surface area contributed by atoms with Crippen molar-refractivity contribution >= 4 is 5.91 Å². The average molecular weight is 404 g/mol. The minimum Gasteiger partial charge on any atom is -0.342 e. The molecule has 4 rings (SSSR count). The molecule has 3 aromatic rings. The Hall–Kier alpha value is -3.08. The van der Waals surface area contributed by atoms with E-state index >= 15 is 0 Å². The minimum atomic E-state index is -0.302. The molecule has 1 amide bonds. The van der Waals surface area contributed by atoms with Crippen LogP contribution in [0.5, 0.6) is 0 Å². The smallest absolute Gasteiger partial charge is 0.222 e. The van der Waals surface area contributed by atoms with Gasteiger partial charge in [-0.05, 0) is 43.4 Å². The van der Waals surface area contributed by atoms with E-state index in [0.717, 1.165) is 37.9 Å². The van der Waals surface area contributed by atoms with Gasteiger partial charge in [-0.3, -0.25) is 14.8 Å². The van der Waals surface area contributed by atoms with Crippen LogP contribution in [0, 0.1) is 5.82 Å². The van der Waals surface area contributed by atoms with E-state index < -0.39 is 0 Å². The molecule has 1 saturated heterocycles. The summed E-state index contributed by atoms with van der Waals surface area (Å²) < 4.78 is 14.4. The van der Waals surface area contributed by atoms with Crippen LogP contribution in [0.3, 0.4) is 0 Å². The number of carbonyl (C=O) groups excluding carboxylic acids is 1. The fourth-order valence-corrected chi connectivity index (χ4v) is 4.18. The van der Waals surface area contributed by atoms with Crippen molar-refractivity contribution in [3.63, 3.8) is 0 Å². The number of piperidine rings is 1. The highest BCUT2D eigenvalue weighted by Gasteiger charge is 2.28. The summed E-state index contributed by atoms with van der Waals surface area (Å²) in [4.78, 5) is 23.7. The molecule has 1 aliphatic rings.